The average Bonchev–Trinajstić information content (AvgIpc) is 3.12. The number of ether oxygens (including phenoxy) is 1. The molecule has 0 radical (unpaired) electrons. The quantitative estimate of drug-likeness (QED) is 0.900. The summed E-state index contributed by atoms with van der Waals surface area (Å²) >= 11 is 0. The lowest BCUT2D eigenvalue weighted by molar-refractivity contribution is 0.0995. The van der Waals surface area contributed by atoms with Crippen molar-refractivity contribution in [2.24, 2.45) is 5.73 Å². The minimum atomic E-state index is -0.676. The third-order valence-corrected chi connectivity index (χ3v) is 2.67. The van der Waals surface area contributed by atoms with Gasteiger partial charge in [0, 0.05) is 33.0 Å². The summed E-state index contributed by atoms with van der Waals surface area (Å²) in [6, 6.07) is 3.39. The van der Waals surface area contributed by atoms with Crippen LogP contribution in [0, 0.1) is 0 Å². The number of halogens is 1. The lowest BCUT2D eigenvalue weighted by atomic mass is 10.3. The van der Waals surface area contributed by atoms with Crippen molar-refractivity contribution in [1.29, 1.82) is 0 Å². The summed E-state index contributed by atoms with van der Waals surface area (Å²) in [7, 11) is 0. The van der Waals surface area contributed by atoms with E-state index >= 15 is 0 Å². The molecule has 1 aliphatic rings. The van der Waals surface area contributed by atoms with E-state index in [1.165, 1.54) is 6.20 Å². The maximum Gasteiger partial charge on any atom is 0.267 e. The van der Waals surface area contributed by atoms with Gasteiger partial charge in [0.05, 0.1) is 18.6 Å². The lowest BCUT2D eigenvalue weighted by Crippen LogP contribution is -2.13. The molecule has 0 aromatic carbocycles. The molecule has 2 N–H and O–H groups in total. The van der Waals surface area contributed by atoms with E-state index in [-0.39, 0.29) is 7.12 Å². The molecule has 108 valence electrons. The van der Waals surface area contributed by atoms with E-state index in [4.69, 9.17) is 5.73 Å². The Hall–Kier alpha value is -2.28. The number of imidazole rings is 1. The minimum Gasteiger partial charge on any atom is -0.378 e. The maximum absolute atomic E-state index is 11.8. The maximum atomic E-state index is 11.8. The van der Waals surface area contributed by atoms with Crippen LogP contribution in [0.1, 0.15) is 18.3 Å². The summed E-state index contributed by atoms with van der Waals surface area (Å²) < 4.78 is 18.3. The van der Waals surface area contributed by atoms with Crippen molar-refractivity contribution < 1.29 is 15.3 Å². The van der Waals surface area contributed by atoms with Crippen LogP contribution in [0.15, 0.2) is 37.1 Å². The summed E-state index contributed by atoms with van der Waals surface area (Å²) in [5.74, 6) is -0.535. The Labute approximate surface area is 116 Å². The number of nitrogens with zero attached hydrogens (tertiary/aromatic N) is 3. The van der Waals surface area contributed by atoms with Gasteiger partial charge < -0.3 is 15.0 Å². The van der Waals surface area contributed by atoms with E-state index in [9.17, 15) is 9.18 Å². The van der Waals surface area contributed by atoms with Gasteiger partial charge in [-0.3, -0.25) is 9.78 Å². The van der Waals surface area contributed by atoms with Gasteiger partial charge in [-0.1, -0.05) is 0 Å². The fourth-order valence-electron chi connectivity index (χ4n) is 1.63. The first-order valence-electron chi connectivity index (χ1n) is 6.13. The van der Waals surface area contributed by atoms with Crippen molar-refractivity contribution in [2.75, 3.05) is 13.2 Å². The minimum absolute atomic E-state index is 0. The molecule has 1 aliphatic heterocycles. The molecule has 3 heterocycles. The molecule has 0 bridgehead atoms. The standard InChI is InChI=1S/C9H8N4O.C4H7FO.H2/c10-9(14)8-5-7(1-2-12-8)13-4-3-11-6-13;5-4-1-2-6-3-4;/h1-6H,(H2,10,14);4H,1-3H2;1H/t;4-;/m.0./s1. The SMILES string of the molecule is F[C@H]1CCOC1.NC(=O)c1cc(-n2ccnc2)ccn1.[HH]. The Morgan fingerprint density at radius 3 is 2.90 bits per heavy atom. The third kappa shape index (κ3) is 3.86. The molecule has 20 heavy (non-hydrogen) atoms. The van der Waals surface area contributed by atoms with E-state index in [0.717, 1.165) is 5.69 Å². The van der Waals surface area contributed by atoms with Crippen LogP contribution in [-0.2, 0) is 4.74 Å². The summed E-state index contributed by atoms with van der Waals surface area (Å²) in [5.41, 5.74) is 6.17. The first-order chi connectivity index (χ1) is 9.66. The monoisotopic (exact) mass is 280 g/mol. The molecule has 1 amide bonds. The molecule has 2 aromatic heterocycles. The zero-order valence-electron chi connectivity index (χ0n) is 10.8. The molecular formula is C13H17FN4O2. The lowest BCUT2D eigenvalue weighted by Gasteiger charge is -2.01. The highest BCUT2D eigenvalue weighted by atomic mass is 19.1. The fourth-order valence-corrected chi connectivity index (χ4v) is 1.63. The Kier molecular flexibility index (Phi) is 4.78. The van der Waals surface area contributed by atoms with E-state index in [1.54, 1.807) is 35.4 Å². The highest BCUT2D eigenvalue weighted by Crippen LogP contribution is 2.07. The number of hydrogen-bond acceptors (Lipinski definition) is 4. The van der Waals surface area contributed by atoms with E-state index < -0.39 is 12.1 Å². The van der Waals surface area contributed by atoms with Gasteiger partial charge in [0.15, 0.2) is 0 Å². The van der Waals surface area contributed by atoms with Crippen molar-refractivity contribution >= 4 is 5.91 Å². The van der Waals surface area contributed by atoms with Crippen LogP contribution in [0.5, 0.6) is 0 Å². The van der Waals surface area contributed by atoms with Gasteiger partial charge in [0.1, 0.15) is 11.9 Å². The normalized spacial score (nSPS) is 17.4. The molecule has 6 nitrogen and oxygen atoms in total. The Balaban J connectivity index is 0.000000267. The molecule has 0 saturated carbocycles. The second kappa shape index (κ2) is 6.76. The van der Waals surface area contributed by atoms with Crippen LogP contribution in [0.3, 0.4) is 0 Å². The number of nitrogens with two attached hydrogens (primary N) is 1. The first kappa shape index (κ1) is 14.1. The number of carbonyl (C=O) groups excluding carboxylic acids is 1. The van der Waals surface area contributed by atoms with Crippen LogP contribution in [0.2, 0.25) is 0 Å². The largest absolute Gasteiger partial charge is 0.378 e. The van der Waals surface area contributed by atoms with Crippen molar-refractivity contribution in [3.8, 4) is 5.69 Å². The molecule has 7 heteroatoms. The number of alkyl halides is 1. The van der Waals surface area contributed by atoms with Crippen LogP contribution in [0.25, 0.3) is 5.69 Å². The third-order valence-electron chi connectivity index (χ3n) is 2.67. The Bertz CT molecular complexity index is 559. The average molecular weight is 280 g/mol. The number of pyridine rings is 1. The summed E-state index contributed by atoms with van der Waals surface area (Å²) in [4.78, 5) is 18.6. The van der Waals surface area contributed by atoms with Gasteiger partial charge in [-0.05, 0) is 12.1 Å². The predicted molar refractivity (Wildman–Crippen MR) is 72.3 cm³/mol. The highest BCUT2D eigenvalue weighted by Gasteiger charge is 2.12. The molecule has 0 unspecified atom stereocenters. The van der Waals surface area contributed by atoms with Gasteiger partial charge >= 0.3 is 0 Å². The van der Waals surface area contributed by atoms with Crippen molar-refractivity contribution in [2.45, 2.75) is 12.6 Å². The Morgan fingerprint density at radius 1 is 1.55 bits per heavy atom. The number of hydrogen-bond donors (Lipinski definition) is 1. The molecule has 1 saturated heterocycles. The number of primary amides is 1. The number of carbonyl (C=O) groups is 1. The van der Waals surface area contributed by atoms with Gasteiger partial charge in [-0.15, -0.1) is 0 Å². The summed E-state index contributed by atoms with van der Waals surface area (Å²) in [6.07, 6.45) is 6.53. The van der Waals surface area contributed by atoms with Gasteiger partial charge in [-0.25, -0.2) is 9.37 Å². The smallest absolute Gasteiger partial charge is 0.267 e. The predicted octanol–water partition coefficient (Wildman–Crippen LogP) is 1.36. The molecule has 1 atom stereocenters. The second-order valence-corrected chi connectivity index (χ2v) is 4.19. The van der Waals surface area contributed by atoms with Gasteiger partial charge in [0.25, 0.3) is 5.91 Å². The van der Waals surface area contributed by atoms with Gasteiger partial charge in [-0.2, -0.15) is 0 Å². The van der Waals surface area contributed by atoms with Crippen LogP contribution >= 0.6 is 0 Å². The van der Waals surface area contributed by atoms with Crippen LogP contribution < -0.4 is 5.73 Å². The molecule has 1 fully saturated rings. The second-order valence-electron chi connectivity index (χ2n) is 4.19. The fraction of sp³-hybridized carbons (Fsp3) is 0.308. The highest BCUT2D eigenvalue weighted by molar-refractivity contribution is 5.91. The number of amides is 1. The van der Waals surface area contributed by atoms with Crippen molar-refractivity contribution in [3.63, 3.8) is 0 Å². The van der Waals surface area contributed by atoms with Crippen LogP contribution in [0.4, 0.5) is 4.39 Å². The van der Waals surface area contributed by atoms with E-state index in [2.05, 4.69) is 14.7 Å². The molecule has 3 rings (SSSR count). The molecular weight excluding hydrogens is 263 g/mol. The van der Waals surface area contributed by atoms with Crippen molar-refractivity contribution in [3.05, 3.63) is 42.7 Å². The number of rotatable bonds is 2. The summed E-state index contributed by atoms with van der Waals surface area (Å²) in [5, 5.41) is 0. The number of aromatic nitrogens is 3. The van der Waals surface area contributed by atoms with E-state index in [1.807, 2.05) is 0 Å². The van der Waals surface area contributed by atoms with Crippen LogP contribution in [-0.4, -0.2) is 39.8 Å². The summed E-state index contributed by atoms with van der Waals surface area (Å²) in [6.45, 7) is 0.932. The zero-order valence-corrected chi connectivity index (χ0v) is 10.8. The molecule has 0 spiro atoms. The van der Waals surface area contributed by atoms with Crippen molar-refractivity contribution in [1.82, 2.24) is 14.5 Å². The first-order valence-corrected chi connectivity index (χ1v) is 6.13. The Morgan fingerprint density at radius 2 is 2.40 bits per heavy atom. The molecule has 2 aromatic rings. The van der Waals surface area contributed by atoms with Gasteiger partial charge in [0.2, 0.25) is 0 Å². The van der Waals surface area contributed by atoms with E-state index in [0.29, 0.717) is 19.6 Å². The topological polar surface area (TPSA) is 83.0 Å². The zero-order chi connectivity index (χ0) is 14.4. The molecule has 0 aliphatic carbocycles.